The summed E-state index contributed by atoms with van der Waals surface area (Å²) in [6, 6.07) is 12.2. The van der Waals surface area contributed by atoms with E-state index in [0.717, 1.165) is 11.3 Å². The highest BCUT2D eigenvalue weighted by atomic mass is 16.6. The van der Waals surface area contributed by atoms with Crippen LogP contribution in [0.2, 0.25) is 0 Å². The van der Waals surface area contributed by atoms with E-state index in [0.29, 0.717) is 31.9 Å². The van der Waals surface area contributed by atoms with Crippen LogP contribution in [0, 0.1) is 10.1 Å². The molecule has 1 aliphatic rings. The molecule has 2 aromatic rings. The zero-order valence-electron chi connectivity index (χ0n) is 13.0. The summed E-state index contributed by atoms with van der Waals surface area (Å²) in [6.07, 6.45) is 0. The highest BCUT2D eigenvalue weighted by Gasteiger charge is 2.21. The molecule has 7 nitrogen and oxygen atoms in total. The quantitative estimate of drug-likeness (QED) is 0.686. The van der Waals surface area contributed by atoms with Crippen molar-refractivity contribution in [1.29, 1.82) is 0 Å². The molecule has 0 bridgehead atoms. The van der Waals surface area contributed by atoms with Crippen molar-refractivity contribution in [3.63, 3.8) is 0 Å². The van der Waals surface area contributed by atoms with Crippen molar-refractivity contribution in [2.24, 2.45) is 5.73 Å². The molecule has 0 aromatic heterocycles. The molecule has 0 unspecified atom stereocenters. The molecule has 2 aromatic carbocycles. The van der Waals surface area contributed by atoms with Crippen LogP contribution in [0.5, 0.6) is 0 Å². The zero-order valence-corrected chi connectivity index (χ0v) is 13.0. The first kappa shape index (κ1) is 15.9. The number of ether oxygens (including phenoxy) is 1. The van der Waals surface area contributed by atoms with E-state index in [-0.39, 0.29) is 11.3 Å². The number of carbonyl (C=O) groups is 1. The van der Waals surface area contributed by atoms with Crippen LogP contribution in [-0.2, 0) is 17.9 Å². The van der Waals surface area contributed by atoms with E-state index in [2.05, 4.69) is 4.90 Å². The molecule has 2 N–H and O–H groups in total. The smallest absolute Gasteiger partial charge is 0.275 e. The van der Waals surface area contributed by atoms with E-state index < -0.39 is 10.8 Å². The molecule has 0 aliphatic carbocycles. The van der Waals surface area contributed by atoms with E-state index in [9.17, 15) is 14.9 Å². The molecule has 0 fully saturated rings. The van der Waals surface area contributed by atoms with Crippen molar-refractivity contribution >= 4 is 17.3 Å². The molecule has 1 aliphatic heterocycles. The Labute approximate surface area is 138 Å². The Balaban J connectivity index is 1.96. The number of rotatable bonds is 4. The number of amides is 1. The Kier molecular flexibility index (Phi) is 4.43. The Morgan fingerprint density at radius 2 is 2.08 bits per heavy atom. The van der Waals surface area contributed by atoms with Crippen LogP contribution in [0.1, 0.15) is 21.5 Å². The average molecular weight is 327 g/mol. The van der Waals surface area contributed by atoms with Crippen LogP contribution in [-0.4, -0.2) is 24.0 Å². The molecule has 0 spiro atoms. The van der Waals surface area contributed by atoms with Gasteiger partial charge < -0.3 is 15.4 Å². The van der Waals surface area contributed by atoms with Crippen molar-refractivity contribution in [1.82, 2.24) is 0 Å². The molecular formula is C17H17N3O4. The predicted octanol–water partition coefficient (Wildman–Crippen LogP) is 2.23. The first-order chi connectivity index (χ1) is 11.6. The lowest BCUT2D eigenvalue weighted by Crippen LogP contribution is -2.26. The molecular weight excluding hydrogens is 310 g/mol. The summed E-state index contributed by atoms with van der Waals surface area (Å²) in [7, 11) is 0. The van der Waals surface area contributed by atoms with Gasteiger partial charge in [0, 0.05) is 41.5 Å². The monoisotopic (exact) mass is 327 g/mol. The number of anilines is 1. The van der Waals surface area contributed by atoms with Gasteiger partial charge in [0.15, 0.2) is 0 Å². The average Bonchev–Trinajstić information content (AvgIpc) is 2.77. The van der Waals surface area contributed by atoms with E-state index in [1.54, 1.807) is 6.07 Å². The number of carbonyl (C=O) groups excluding carboxylic acids is 1. The Hall–Kier alpha value is -2.93. The maximum Gasteiger partial charge on any atom is 0.275 e. The van der Waals surface area contributed by atoms with Gasteiger partial charge >= 0.3 is 0 Å². The van der Waals surface area contributed by atoms with Crippen molar-refractivity contribution in [3.8, 4) is 0 Å². The third-order valence-corrected chi connectivity index (χ3v) is 4.02. The first-order valence-corrected chi connectivity index (χ1v) is 7.54. The number of nitro groups is 1. The summed E-state index contributed by atoms with van der Waals surface area (Å²) < 4.78 is 5.58. The molecule has 1 amide bonds. The maximum atomic E-state index is 11.4. The molecule has 24 heavy (non-hydrogen) atoms. The van der Waals surface area contributed by atoms with E-state index in [1.807, 2.05) is 24.3 Å². The molecule has 0 saturated carbocycles. The third kappa shape index (κ3) is 3.21. The number of nitrogens with two attached hydrogens (primary N) is 1. The lowest BCUT2D eigenvalue weighted by Gasteiger charge is -2.24. The summed E-state index contributed by atoms with van der Waals surface area (Å²) in [4.78, 5) is 24.2. The van der Waals surface area contributed by atoms with Gasteiger partial charge in [0.2, 0.25) is 5.91 Å². The number of hydrogen-bond donors (Lipinski definition) is 1. The fraction of sp³-hybridized carbons (Fsp3) is 0.235. The standard InChI is InChI=1S/C17H17N3O4/c18-17(21)12-5-6-13(16(9-12)20(22)23)10-19-7-8-24-11-14-3-1-2-4-15(14)19/h1-6,9H,7-8,10-11H2,(H2,18,21). The van der Waals surface area contributed by atoms with Crippen LogP contribution < -0.4 is 10.6 Å². The van der Waals surface area contributed by atoms with Crippen LogP contribution in [0.25, 0.3) is 0 Å². The Morgan fingerprint density at radius 3 is 2.83 bits per heavy atom. The van der Waals surface area contributed by atoms with Gasteiger partial charge in [-0.3, -0.25) is 14.9 Å². The predicted molar refractivity (Wildman–Crippen MR) is 88.8 cm³/mol. The van der Waals surface area contributed by atoms with Crippen molar-refractivity contribution in [2.75, 3.05) is 18.1 Å². The third-order valence-electron chi connectivity index (χ3n) is 4.02. The normalized spacial score (nSPS) is 13.9. The largest absolute Gasteiger partial charge is 0.375 e. The van der Waals surface area contributed by atoms with Crippen molar-refractivity contribution in [3.05, 3.63) is 69.3 Å². The fourth-order valence-electron chi connectivity index (χ4n) is 2.81. The molecule has 124 valence electrons. The van der Waals surface area contributed by atoms with Gasteiger partial charge in [0.05, 0.1) is 18.1 Å². The summed E-state index contributed by atoms with van der Waals surface area (Å²) in [5.74, 6) is -0.682. The summed E-state index contributed by atoms with van der Waals surface area (Å²) in [5.41, 5.74) is 7.82. The minimum absolute atomic E-state index is 0.103. The van der Waals surface area contributed by atoms with Crippen LogP contribution in [0.4, 0.5) is 11.4 Å². The van der Waals surface area contributed by atoms with E-state index in [4.69, 9.17) is 10.5 Å². The second kappa shape index (κ2) is 6.67. The molecule has 1 heterocycles. The molecule has 0 radical (unpaired) electrons. The number of para-hydroxylation sites is 1. The van der Waals surface area contributed by atoms with Gasteiger partial charge in [-0.05, 0) is 18.2 Å². The van der Waals surface area contributed by atoms with Crippen molar-refractivity contribution in [2.45, 2.75) is 13.2 Å². The molecule has 7 heteroatoms. The number of fused-ring (bicyclic) bond motifs is 1. The minimum atomic E-state index is -0.682. The maximum absolute atomic E-state index is 11.4. The second-order valence-corrected chi connectivity index (χ2v) is 5.57. The zero-order chi connectivity index (χ0) is 17.1. The Morgan fingerprint density at radius 1 is 1.29 bits per heavy atom. The van der Waals surface area contributed by atoms with Crippen LogP contribution in [0.3, 0.4) is 0 Å². The number of nitro benzene ring substituents is 1. The SMILES string of the molecule is NC(=O)c1ccc(CN2CCOCc3ccccc32)c([N+](=O)[O-])c1. The summed E-state index contributed by atoms with van der Waals surface area (Å²) in [5, 5.41) is 11.4. The lowest BCUT2D eigenvalue weighted by atomic mass is 10.1. The summed E-state index contributed by atoms with van der Waals surface area (Å²) in [6.45, 7) is 2.05. The number of primary amides is 1. The second-order valence-electron chi connectivity index (χ2n) is 5.57. The van der Waals surface area contributed by atoms with Gasteiger partial charge in [-0.1, -0.05) is 18.2 Å². The van der Waals surface area contributed by atoms with Crippen LogP contribution in [0.15, 0.2) is 42.5 Å². The van der Waals surface area contributed by atoms with Gasteiger partial charge in [-0.2, -0.15) is 0 Å². The number of hydrogen-bond acceptors (Lipinski definition) is 5. The van der Waals surface area contributed by atoms with Crippen LogP contribution >= 0.6 is 0 Å². The summed E-state index contributed by atoms with van der Waals surface area (Å²) >= 11 is 0. The van der Waals surface area contributed by atoms with E-state index in [1.165, 1.54) is 12.1 Å². The highest BCUT2D eigenvalue weighted by molar-refractivity contribution is 5.93. The molecule has 0 atom stereocenters. The van der Waals surface area contributed by atoms with Gasteiger partial charge in [0.25, 0.3) is 5.69 Å². The topological polar surface area (TPSA) is 98.7 Å². The number of nitrogens with zero attached hydrogens (tertiary/aromatic N) is 2. The Bertz CT molecular complexity index is 791. The molecule has 0 saturated heterocycles. The highest BCUT2D eigenvalue weighted by Crippen LogP contribution is 2.28. The number of benzene rings is 2. The minimum Gasteiger partial charge on any atom is -0.375 e. The van der Waals surface area contributed by atoms with Crippen molar-refractivity contribution < 1.29 is 14.5 Å². The van der Waals surface area contributed by atoms with E-state index >= 15 is 0 Å². The lowest BCUT2D eigenvalue weighted by molar-refractivity contribution is -0.385. The van der Waals surface area contributed by atoms with Gasteiger partial charge in [-0.25, -0.2) is 0 Å². The van der Waals surface area contributed by atoms with Gasteiger partial charge in [0.1, 0.15) is 0 Å². The van der Waals surface area contributed by atoms with Gasteiger partial charge in [-0.15, -0.1) is 0 Å². The molecule has 3 rings (SSSR count). The first-order valence-electron chi connectivity index (χ1n) is 7.54. The fourth-order valence-corrected chi connectivity index (χ4v) is 2.81.